The minimum Gasteiger partial charge on any atom is -0.334 e. The smallest absolute Gasteiger partial charge is 0.317 e. The van der Waals surface area contributed by atoms with Crippen LogP contribution in [0.4, 0.5) is 9.18 Å². The second kappa shape index (κ2) is 8.13. The molecule has 0 bridgehead atoms. The summed E-state index contributed by atoms with van der Waals surface area (Å²) in [6.07, 6.45) is 1.19. The standard InChI is InChI=1S/C17H26FN3O/c1-14(2)7-8-20-9-11-21(12-10-20)17(22)19-13-15-5-3-4-6-16(15)18/h3-6,14H,7-13H2,1-2H3,(H,19,22). The first-order valence-electron chi connectivity index (χ1n) is 8.05. The second-order valence-corrected chi connectivity index (χ2v) is 6.26. The number of carbonyl (C=O) groups is 1. The molecule has 0 saturated carbocycles. The summed E-state index contributed by atoms with van der Waals surface area (Å²) in [6, 6.07) is 6.43. The minimum absolute atomic E-state index is 0.105. The number of piperazine rings is 1. The molecule has 1 aromatic carbocycles. The molecule has 122 valence electrons. The van der Waals surface area contributed by atoms with Crippen LogP contribution in [0.25, 0.3) is 0 Å². The van der Waals surface area contributed by atoms with Gasteiger partial charge in [0, 0.05) is 38.3 Å². The first-order valence-corrected chi connectivity index (χ1v) is 8.05. The van der Waals surface area contributed by atoms with Crippen molar-refractivity contribution in [3.63, 3.8) is 0 Å². The van der Waals surface area contributed by atoms with Crippen LogP contribution in [0.2, 0.25) is 0 Å². The average Bonchev–Trinajstić information content (AvgIpc) is 2.52. The van der Waals surface area contributed by atoms with Gasteiger partial charge in [0.1, 0.15) is 5.82 Å². The lowest BCUT2D eigenvalue weighted by atomic mass is 10.1. The van der Waals surface area contributed by atoms with Gasteiger partial charge in [-0.3, -0.25) is 4.90 Å². The molecule has 0 unspecified atom stereocenters. The predicted molar refractivity (Wildman–Crippen MR) is 86.1 cm³/mol. The summed E-state index contributed by atoms with van der Waals surface area (Å²) < 4.78 is 13.5. The van der Waals surface area contributed by atoms with Crippen molar-refractivity contribution < 1.29 is 9.18 Å². The zero-order valence-electron chi connectivity index (χ0n) is 13.5. The number of urea groups is 1. The predicted octanol–water partition coefficient (Wildman–Crippen LogP) is 2.70. The van der Waals surface area contributed by atoms with Gasteiger partial charge in [-0.2, -0.15) is 0 Å². The molecule has 1 saturated heterocycles. The van der Waals surface area contributed by atoms with Crippen LogP contribution in [-0.2, 0) is 6.54 Å². The maximum atomic E-state index is 13.5. The molecule has 4 nitrogen and oxygen atoms in total. The van der Waals surface area contributed by atoms with Crippen molar-refractivity contribution in [3.8, 4) is 0 Å². The number of hydrogen-bond donors (Lipinski definition) is 1. The van der Waals surface area contributed by atoms with Crippen LogP contribution < -0.4 is 5.32 Å². The fourth-order valence-electron chi connectivity index (χ4n) is 2.54. The normalized spacial score (nSPS) is 16.1. The third kappa shape index (κ3) is 4.98. The van der Waals surface area contributed by atoms with Gasteiger partial charge in [0.15, 0.2) is 0 Å². The van der Waals surface area contributed by atoms with E-state index < -0.39 is 0 Å². The molecule has 22 heavy (non-hydrogen) atoms. The Bertz CT molecular complexity index is 485. The summed E-state index contributed by atoms with van der Waals surface area (Å²) in [5.74, 6) is 0.434. The summed E-state index contributed by atoms with van der Waals surface area (Å²) in [7, 11) is 0. The number of rotatable bonds is 5. The van der Waals surface area contributed by atoms with Gasteiger partial charge in [-0.1, -0.05) is 32.0 Å². The Morgan fingerprint density at radius 3 is 2.55 bits per heavy atom. The molecule has 1 aliphatic rings. The highest BCUT2D eigenvalue weighted by Gasteiger charge is 2.20. The number of nitrogens with one attached hydrogen (secondary N) is 1. The fraction of sp³-hybridized carbons (Fsp3) is 0.588. The minimum atomic E-state index is -0.277. The van der Waals surface area contributed by atoms with Gasteiger partial charge in [-0.05, 0) is 24.9 Å². The van der Waals surface area contributed by atoms with Crippen LogP contribution >= 0.6 is 0 Å². The van der Waals surface area contributed by atoms with Gasteiger partial charge in [0.25, 0.3) is 0 Å². The molecular formula is C17H26FN3O. The van der Waals surface area contributed by atoms with Gasteiger partial charge in [-0.15, -0.1) is 0 Å². The first kappa shape index (κ1) is 16.7. The molecule has 5 heteroatoms. The molecule has 2 rings (SSSR count). The monoisotopic (exact) mass is 307 g/mol. The summed E-state index contributed by atoms with van der Waals surface area (Å²) in [6.45, 7) is 9.10. The van der Waals surface area contributed by atoms with Crippen LogP contribution in [0.3, 0.4) is 0 Å². The van der Waals surface area contributed by atoms with Gasteiger partial charge in [0.2, 0.25) is 0 Å². The topological polar surface area (TPSA) is 35.6 Å². The number of nitrogens with zero attached hydrogens (tertiary/aromatic N) is 2. The average molecular weight is 307 g/mol. The molecule has 2 amide bonds. The van der Waals surface area contributed by atoms with E-state index in [-0.39, 0.29) is 18.4 Å². The molecular weight excluding hydrogens is 281 g/mol. The van der Waals surface area contributed by atoms with E-state index in [0.717, 1.165) is 32.7 Å². The van der Waals surface area contributed by atoms with E-state index in [1.54, 1.807) is 18.2 Å². The maximum Gasteiger partial charge on any atom is 0.317 e. The molecule has 0 aromatic heterocycles. The molecule has 0 aliphatic carbocycles. The Hall–Kier alpha value is -1.62. The number of carbonyl (C=O) groups excluding carboxylic acids is 1. The van der Waals surface area contributed by atoms with Gasteiger partial charge in [-0.25, -0.2) is 9.18 Å². The number of halogens is 1. The van der Waals surface area contributed by atoms with Gasteiger partial charge >= 0.3 is 6.03 Å². The van der Waals surface area contributed by atoms with E-state index >= 15 is 0 Å². The summed E-state index contributed by atoms with van der Waals surface area (Å²) >= 11 is 0. The summed E-state index contributed by atoms with van der Waals surface area (Å²) in [4.78, 5) is 16.3. The van der Waals surface area contributed by atoms with Crippen LogP contribution in [0.15, 0.2) is 24.3 Å². The Kier molecular flexibility index (Phi) is 6.19. The number of benzene rings is 1. The molecule has 1 fully saturated rings. The lowest BCUT2D eigenvalue weighted by Crippen LogP contribution is -2.51. The first-order chi connectivity index (χ1) is 10.6. The van der Waals surface area contributed by atoms with Crippen LogP contribution in [0, 0.1) is 11.7 Å². The zero-order chi connectivity index (χ0) is 15.9. The Balaban J connectivity index is 1.72. The van der Waals surface area contributed by atoms with Crippen LogP contribution in [-0.4, -0.2) is 48.6 Å². The van der Waals surface area contributed by atoms with Crippen molar-refractivity contribution in [1.29, 1.82) is 0 Å². The number of amides is 2. The maximum absolute atomic E-state index is 13.5. The molecule has 0 radical (unpaired) electrons. The van der Waals surface area contributed by atoms with Crippen molar-refractivity contribution in [2.24, 2.45) is 5.92 Å². The van der Waals surface area contributed by atoms with Gasteiger partial charge in [0.05, 0.1) is 0 Å². The highest BCUT2D eigenvalue weighted by molar-refractivity contribution is 5.74. The van der Waals surface area contributed by atoms with E-state index in [1.807, 2.05) is 4.90 Å². The van der Waals surface area contributed by atoms with E-state index in [0.29, 0.717) is 11.5 Å². The van der Waals surface area contributed by atoms with Crippen molar-refractivity contribution in [3.05, 3.63) is 35.6 Å². The summed E-state index contributed by atoms with van der Waals surface area (Å²) in [5.41, 5.74) is 0.520. The van der Waals surface area contributed by atoms with E-state index in [2.05, 4.69) is 24.1 Å². The van der Waals surface area contributed by atoms with Crippen molar-refractivity contribution in [2.45, 2.75) is 26.8 Å². The van der Waals surface area contributed by atoms with E-state index in [1.165, 1.54) is 12.5 Å². The molecule has 1 N–H and O–H groups in total. The van der Waals surface area contributed by atoms with Crippen molar-refractivity contribution in [2.75, 3.05) is 32.7 Å². The molecule has 0 atom stereocenters. The molecule has 1 heterocycles. The Morgan fingerprint density at radius 2 is 1.91 bits per heavy atom. The largest absolute Gasteiger partial charge is 0.334 e. The fourth-order valence-corrected chi connectivity index (χ4v) is 2.54. The number of hydrogen-bond acceptors (Lipinski definition) is 2. The van der Waals surface area contributed by atoms with E-state index in [4.69, 9.17) is 0 Å². The van der Waals surface area contributed by atoms with Crippen LogP contribution in [0.5, 0.6) is 0 Å². The lowest BCUT2D eigenvalue weighted by Gasteiger charge is -2.35. The third-order valence-electron chi connectivity index (χ3n) is 4.07. The lowest BCUT2D eigenvalue weighted by molar-refractivity contribution is 0.135. The van der Waals surface area contributed by atoms with Crippen molar-refractivity contribution >= 4 is 6.03 Å². The second-order valence-electron chi connectivity index (χ2n) is 6.26. The van der Waals surface area contributed by atoms with Gasteiger partial charge < -0.3 is 10.2 Å². The molecule has 1 aliphatic heterocycles. The zero-order valence-corrected chi connectivity index (χ0v) is 13.5. The highest BCUT2D eigenvalue weighted by Crippen LogP contribution is 2.08. The molecule has 1 aromatic rings. The van der Waals surface area contributed by atoms with E-state index in [9.17, 15) is 9.18 Å². The SMILES string of the molecule is CC(C)CCN1CCN(C(=O)NCc2ccccc2F)CC1. The quantitative estimate of drug-likeness (QED) is 0.908. The van der Waals surface area contributed by atoms with Crippen LogP contribution in [0.1, 0.15) is 25.8 Å². The van der Waals surface area contributed by atoms with Crippen molar-refractivity contribution in [1.82, 2.24) is 15.1 Å². The third-order valence-corrected chi connectivity index (χ3v) is 4.07. The summed E-state index contributed by atoms with van der Waals surface area (Å²) in [5, 5.41) is 2.80. The molecule has 0 spiro atoms. The Labute approximate surface area is 132 Å². The Morgan fingerprint density at radius 1 is 1.23 bits per heavy atom. The highest BCUT2D eigenvalue weighted by atomic mass is 19.1.